The largest absolute Gasteiger partial charge is 0.370 e. The van der Waals surface area contributed by atoms with Crippen LogP contribution < -0.4 is 4.90 Å². The van der Waals surface area contributed by atoms with Gasteiger partial charge in [0, 0.05) is 31.5 Å². The fourth-order valence-electron chi connectivity index (χ4n) is 1.81. The normalized spacial score (nSPS) is 10.3. The van der Waals surface area contributed by atoms with E-state index in [0.717, 1.165) is 12.2 Å². The molecule has 88 valence electrons. The van der Waals surface area contributed by atoms with Gasteiger partial charge in [0.2, 0.25) is 5.95 Å². The summed E-state index contributed by atoms with van der Waals surface area (Å²) in [5.41, 5.74) is 3.28. The maximum Gasteiger partial charge on any atom is 0.214 e. The van der Waals surface area contributed by atoms with Crippen LogP contribution in [0.5, 0.6) is 0 Å². The van der Waals surface area contributed by atoms with Crippen molar-refractivity contribution in [2.75, 3.05) is 11.9 Å². The number of anilines is 1. The monoisotopic (exact) mass is 230 g/mol. The first-order valence-corrected chi connectivity index (χ1v) is 5.53. The highest BCUT2D eigenvalue weighted by atomic mass is 19.1. The third kappa shape index (κ3) is 3.03. The SMILES string of the molecule is Cc1cccc(CN(C)c2ccnc(F)c2)c1. The zero-order valence-corrected chi connectivity index (χ0v) is 10.0. The molecule has 1 heterocycles. The molecule has 0 radical (unpaired) electrons. The average molecular weight is 230 g/mol. The second-order valence-corrected chi connectivity index (χ2v) is 4.18. The Morgan fingerprint density at radius 3 is 2.76 bits per heavy atom. The Labute approximate surface area is 101 Å². The van der Waals surface area contributed by atoms with Crippen LogP contribution in [0.1, 0.15) is 11.1 Å². The van der Waals surface area contributed by atoms with Crippen molar-refractivity contribution in [2.24, 2.45) is 0 Å². The van der Waals surface area contributed by atoms with E-state index in [9.17, 15) is 4.39 Å². The lowest BCUT2D eigenvalue weighted by molar-refractivity contribution is 0.583. The summed E-state index contributed by atoms with van der Waals surface area (Å²) >= 11 is 0. The second-order valence-electron chi connectivity index (χ2n) is 4.18. The van der Waals surface area contributed by atoms with Crippen molar-refractivity contribution < 1.29 is 4.39 Å². The molecule has 0 saturated heterocycles. The predicted octanol–water partition coefficient (Wildman–Crippen LogP) is 3.17. The first-order valence-electron chi connectivity index (χ1n) is 5.53. The summed E-state index contributed by atoms with van der Waals surface area (Å²) < 4.78 is 13.0. The summed E-state index contributed by atoms with van der Waals surface area (Å²) in [7, 11) is 1.94. The van der Waals surface area contributed by atoms with Gasteiger partial charge in [0.25, 0.3) is 0 Å². The Balaban J connectivity index is 2.14. The van der Waals surface area contributed by atoms with Crippen molar-refractivity contribution in [3.63, 3.8) is 0 Å². The van der Waals surface area contributed by atoms with Gasteiger partial charge >= 0.3 is 0 Å². The van der Waals surface area contributed by atoms with E-state index in [-0.39, 0.29) is 0 Å². The molecule has 1 aromatic heterocycles. The first kappa shape index (κ1) is 11.6. The van der Waals surface area contributed by atoms with Crippen LogP contribution in [-0.2, 0) is 6.54 Å². The molecule has 17 heavy (non-hydrogen) atoms. The van der Waals surface area contributed by atoms with E-state index in [1.165, 1.54) is 23.4 Å². The lowest BCUT2D eigenvalue weighted by Crippen LogP contribution is -2.16. The molecule has 0 unspecified atom stereocenters. The molecule has 0 aliphatic carbocycles. The van der Waals surface area contributed by atoms with Crippen molar-refractivity contribution in [1.29, 1.82) is 0 Å². The standard InChI is InChI=1S/C14H15FN2/c1-11-4-3-5-12(8-11)10-17(2)13-6-7-16-14(15)9-13/h3-9H,10H2,1-2H3. The molecule has 0 bridgehead atoms. The smallest absolute Gasteiger partial charge is 0.214 e. The van der Waals surface area contributed by atoms with E-state index in [1.54, 1.807) is 6.07 Å². The van der Waals surface area contributed by atoms with Crippen LogP contribution in [-0.4, -0.2) is 12.0 Å². The average Bonchev–Trinajstić information content (AvgIpc) is 2.29. The quantitative estimate of drug-likeness (QED) is 0.753. The van der Waals surface area contributed by atoms with Gasteiger partial charge in [0.05, 0.1) is 0 Å². The molecule has 0 aliphatic rings. The number of pyridine rings is 1. The number of rotatable bonds is 3. The van der Waals surface area contributed by atoms with Crippen LogP contribution in [0.25, 0.3) is 0 Å². The predicted molar refractivity (Wildman–Crippen MR) is 67.5 cm³/mol. The summed E-state index contributed by atoms with van der Waals surface area (Å²) in [5, 5.41) is 0. The molecule has 1 aromatic carbocycles. The Morgan fingerprint density at radius 1 is 1.24 bits per heavy atom. The Morgan fingerprint density at radius 2 is 2.06 bits per heavy atom. The van der Waals surface area contributed by atoms with Crippen LogP contribution in [0.3, 0.4) is 0 Å². The highest BCUT2D eigenvalue weighted by molar-refractivity contribution is 5.44. The number of hydrogen-bond donors (Lipinski definition) is 0. The van der Waals surface area contributed by atoms with Gasteiger partial charge in [-0.2, -0.15) is 4.39 Å². The number of aryl methyl sites for hydroxylation is 1. The summed E-state index contributed by atoms with van der Waals surface area (Å²) in [6.07, 6.45) is 1.48. The molecule has 0 fully saturated rings. The lowest BCUT2D eigenvalue weighted by atomic mass is 10.1. The highest BCUT2D eigenvalue weighted by Crippen LogP contribution is 2.15. The van der Waals surface area contributed by atoms with Gasteiger partial charge in [0.15, 0.2) is 0 Å². The minimum Gasteiger partial charge on any atom is -0.370 e. The van der Waals surface area contributed by atoms with Gasteiger partial charge < -0.3 is 4.90 Å². The fourth-order valence-corrected chi connectivity index (χ4v) is 1.81. The number of aromatic nitrogens is 1. The van der Waals surface area contributed by atoms with Crippen molar-refractivity contribution in [3.05, 3.63) is 59.7 Å². The molecule has 0 amide bonds. The van der Waals surface area contributed by atoms with Crippen LogP contribution in [0.4, 0.5) is 10.1 Å². The molecule has 0 N–H and O–H groups in total. The molecule has 0 atom stereocenters. The number of nitrogens with zero attached hydrogens (tertiary/aromatic N) is 2. The van der Waals surface area contributed by atoms with E-state index < -0.39 is 5.95 Å². The zero-order chi connectivity index (χ0) is 12.3. The van der Waals surface area contributed by atoms with E-state index in [2.05, 4.69) is 30.1 Å². The number of benzene rings is 1. The molecule has 0 saturated carbocycles. The molecule has 3 heteroatoms. The minimum atomic E-state index is -0.446. The summed E-state index contributed by atoms with van der Waals surface area (Å²) in [4.78, 5) is 5.55. The summed E-state index contributed by atoms with van der Waals surface area (Å²) in [5.74, 6) is -0.446. The summed E-state index contributed by atoms with van der Waals surface area (Å²) in [6, 6.07) is 11.5. The van der Waals surface area contributed by atoms with Gasteiger partial charge in [-0.3, -0.25) is 0 Å². The lowest BCUT2D eigenvalue weighted by Gasteiger charge is -2.19. The van der Waals surface area contributed by atoms with Gasteiger partial charge in [-0.25, -0.2) is 4.98 Å². The number of halogens is 1. The van der Waals surface area contributed by atoms with E-state index in [0.29, 0.717) is 0 Å². The van der Waals surface area contributed by atoms with Crippen molar-refractivity contribution >= 4 is 5.69 Å². The summed E-state index contributed by atoms with van der Waals surface area (Å²) in [6.45, 7) is 2.82. The van der Waals surface area contributed by atoms with Crippen molar-refractivity contribution in [3.8, 4) is 0 Å². The van der Waals surface area contributed by atoms with E-state index in [4.69, 9.17) is 0 Å². The van der Waals surface area contributed by atoms with Crippen LogP contribution in [0.15, 0.2) is 42.6 Å². The molecular formula is C14H15FN2. The Hall–Kier alpha value is -1.90. The molecule has 0 spiro atoms. The first-order chi connectivity index (χ1) is 8.15. The molecule has 2 aromatic rings. The third-order valence-electron chi connectivity index (χ3n) is 2.65. The van der Waals surface area contributed by atoms with Crippen LogP contribution in [0, 0.1) is 12.9 Å². The Kier molecular flexibility index (Phi) is 3.38. The van der Waals surface area contributed by atoms with E-state index >= 15 is 0 Å². The molecule has 2 rings (SSSR count). The molecule has 0 aliphatic heterocycles. The Bertz CT molecular complexity index is 511. The second kappa shape index (κ2) is 4.95. The van der Waals surface area contributed by atoms with Crippen LogP contribution >= 0.6 is 0 Å². The van der Waals surface area contributed by atoms with Gasteiger partial charge in [0.1, 0.15) is 0 Å². The van der Waals surface area contributed by atoms with Gasteiger partial charge in [-0.15, -0.1) is 0 Å². The van der Waals surface area contributed by atoms with Crippen molar-refractivity contribution in [2.45, 2.75) is 13.5 Å². The molecular weight excluding hydrogens is 215 g/mol. The van der Waals surface area contributed by atoms with Crippen LogP contribution in [0.2, 0.25) is 0 Å². The highest BCUT2D eigenvalue weighted by Gasteiger charge is 2.03. The molecule has 2 nitrogen and oxygen atoms in total. The van der Waals surface area contributed by atoms with E-state index in [1.807, 2.05) is 18.0 Å². The number of hydrogen-bond acceptors (Lipinski definition) is 2. The maximum atomic E-state index is 13.0. The minimum absolute atomic E-state index is 0.446. The van der Waals surface area contributed by atoms with Gasteiger partial charge in [-0.05, 0) is 18.6 Å². The zero-order valence-electron chi connectivity index (χ0n) is 10.0. The fraction of sp³-hybridized carbons (Fsp3) is 0.214. The third-order valence-corrected chi connectivity index (χ3v) is 2.65. The van der Waals surface area contributed by atoms with Crippen molar-refractivity contribution in [1.82, 2.24) is 4.98 Å². The maximum absolute atomic E-state index is 13.0. The topological polar surface area (TPSA) is 16.1 Å². The van der Waals surface area contributed by atoms with Gasteiger partial charge in [-0.1, -0.05) is 29.8 Å².